The van der Waals surface area contributed by atoms with Gasteiger partial charge < -0.3 is 94.7 Å². The van der Waals surface area contributed by atoms with E-state index in [2.05, 4.69) is 145 Å². The van der Waals surface area contributed by atoms with E-state index in [0.29, 0.717) is 57.7 Å². The third kappa shape index (κ3) is 23.1. The lowest BCUT2D eigenvalue weighted by Gasteiger charge is -2.40. The number of hydrogen-bond donors (Lipinski definition) is 7. The Bertz CT molecular complexity index is 5340. The van der Waals surface area contributed by atoms with Crippen molar-refractivity contribution in [3.63, 3.8) is 0 Å². The van der Waals surface area contributed by atoms with E-state index in [1.807, 2.05) is 36.4 Å². The Kier molecular flexibility index (Phi) is 30.1. The number of methoxy groups -OCH3 is 1. The molecule has 0 bridgehead atoms. The van der Waals surface area contributed by atoms with Crippen molar-refractivity contribution >= 4 is 69.3 Å². The lowest BCUT2D eigenvalue weighted by atomic mass is 10.0. The van der Waals surface area contributed by atoms with E-state index in [4.69, 9.17) is 18.9 Å². The summed E-state index contributed by atoms with van der Waals surface area (Å²) in [5, 5.41) is 71.2. The van der Waals surface area contributed by atoms with Gasteiger partial charge in [0.05, 0.1) is 49.1 Å². The molecule has 7 N–H and O–H groups in total. The first-order chi connectivity index (χ1) is 60.4. The van der Waals surface area contributed by atoms with Crippen LogP contribution in [0.3, 0.4) is 0 Å². The number of ether oxygens (including phenoxy) is 4. The Hall–Kier alpha value is -13.0. The van der Waals surface area contributed by atoms with Crippen LogP contribution in [0.15, 0.2) is 158 Å². The number of piperidine rings is 3. The number of carbonyl (C=O) groups is 3. The van der Waals surface area contributed by atoms with Crippen LogP contribution in [0.2, 0.25) is 0 Å². The molecule has 3 aromatic heterocycles. The van der Waals surface area contributed by atoms with Crippen LogP contribution in [0.4, 0.5) is 64.7 Å². The zero-order valence-corrected chi connectivity index (χ0v) is 70.9. The number of aromatic nitrogens is 6. The molecule has 0 radical (unpaired) electrons. The van der Waals surface area contributed by atoms with Gasteiger partial charge in [0.25, 0.3) is 17.7 Å². The average molecular weight is 1710 g/mol. The molecule has 31 nitrogen and oxygen atoms in total. The van der Waals surface area contributed by atoms with Crippen molar-refractivity contribution in [3.8, 4) is 75.4 Å². The Morgan fingerprint density at radius 2 is 0.808 bits per heavy atom. The molecule has 125 heavy (non-hydrogen) atoms. The summed E-state index contributed by atoms with van der Waals surface area (Å²) in [6.45, 7) is 17.5. The number of likely N-dealkylation sites (N-methyl/N-ethyl adjacent to an activating group) is 2. The number of nitrogens with zero attached hydrogens (tertiary/aromatic N) is 17. The van der Waals surface area contributed by atoms with Gasteiger partial charge in [-0.05, 0) is 175 Å². The highest BCUT2D eigenvalue weighted by atomic mass is 19.1. The third-order valence-corrected chi connectivity index (χ3v) is 22.6. The van der Waals surface area contributed by atoms with E-state index in [0.717, 1.165) is 100 Å². The summed E-state index contributed by atoms with van der Waals surface area (Å²) in [7, 11) is 5.94. The molecule has 6 saturated heterocycles. The third-order valence-electron chi connectivity index (χ3n) is 22.6. The molecule has 34 heteroatoms. The van der Waals surface area contributed by atoms with Crippen molar-refractivity contribution in [1.29, 1.82) is 15.8 Å². The number of likely N-dealkylation sites (tertiary alicyclic amines) is 3. The highest BCUT2D eigenvalue weighted by Crippen LogP contribution is 2.38. The van der Waals surface area contributed by atoms with Crippen molar-refractivity contribution in [2.24, 2.45) is 0 Å². The fourth-order valence-electron chi connectivity index (χ4n) is 15.6. The van der Waals surface area contributed by atoms with Crippen LogP contribution in [0, 0.1) is 34.0 Å². The molecule has 6 aromatic carbocycles. The second kappa shape index (κ2) is 41.9. The zero-order chi connectivity index (χ0) is 88.4. The van der Waals surface area contributed by atoms with Crippen LogP contribution in [0.5, 0.6) is 23.0 Å². The van der Waals surface area contributed by atoms with Gasteiger partial charge in [0.2, 0.25) is 0 Å². The number of carbonyl (C=O) groups excluding carboxylic acids is 3. The van der Waals surface area contributed by atoms with Crippen LogP contribution >= 0.6 is 0 Å². The van der Waals surface area contributed by atoms with Gasteiger partial charge in [-0.3, -0.25) is 14.4 Å². The van der Waals surface area contributed by atoms with Gasteiger partial charge in [-0.15, -0.1) is 0 Å². The molecule has 0 spiro atoms. The minimum Gasteiger partial charge on any atom is -0.495 e. The Labute approximate surface area is 724 Å². The predicted octanol–water partition coefficient (Wildman–Crippen LogP) is 9.68. The summed E-state index contributed by atoms with van der Waals surface area (Å²) in [5.74, 6) is 3.05. The fraction of sp³-hybridized carbons (Fsp3) is 0.407. The number of nitriles is 3. The minimum atomic E-state index is -1.46. The van der Waals surface area contributed by atoms with Gasteiger partial charge in [-0.25, -0.2) is 43.1 Å². The number of rotatable bonds is 22. The van der Waals surface area contributed by atoms with Gasteiger partial charge in [-0.1, -0.05) is 0 Å². The number of nitrogens with one attached hydrogen (secondary N) is 4. The monoisotopic (exact) mass is 1710 g/mol. The molecule has 9 aromatic rings. The van der Waals surface area contributed by atoms with Gasteiger partial charge in [0.15, 0.2) is 36.0 Å². The van der Waals surface area contributed by atoms with Crippen molar-refractivity contribution in [2.45, 2.75) is 108 Å². The first-order valence-corrected chi connectivity index (χ1v) is 41.9. The predicted molar refractivity (Wildman–Crippen MR) is 468 cm³/mol. The Morgan fingerprint density at radius 1 is 0.448 bits per heavy atom. The van der Waals surface area contributed by atoms with Gasteiger partial charge in [0.1, 0.15) is 95.3 Å². The van der Waals surface area contributed by atoms with E-state index < -0.39 is 72.9 Å². The van der Waals surface area contributed by atoms with Crippen LogP contribution in [0.1, 0.15) is 63.6 Å². The summed E-state index contributed by atoms with van der Waals surface area (Å²) in [4.78, 5) is 78.7. The minimum absolute atomic E-state index is 0.166. The molecule has 6 aliphatic rings. The molecule has 9 heterocycles. The summed E-state index contributed by atoms with van der Waals surface area (Å²) in [6, 6.07) is 49.4. The molecule has 0 unspecified atom stereocenters. The number of amides is 3. The number of anilines is 9. The summed E-state index contributed by atoms with van der Waals surface area (Å²) >= 11 is 0. The number of aliphatic hydroxyl groups excluding tert-OH is 3. The Morgan fingerprint density at radius 3 is 1.16 bits per heavy atom. The maximum Gasteiger partial charge on any atom is 0.251 e. The molecular weight excluding hydrogens is 1600 g/mol. The maximum absolute atomic E-state index is 14.9. The van der Waals surface area contributed by atoms with Crippen molar-refractivity contribution in [3.05, 3.63) is 175 Å². The zero-order valence-electron chi connectivity index (χ0n) is 70.9. The second-order valence-corrected chi connectivity index (χ2v) is 31.7. The van der Waals surface area contributed by atoms with E-state index in [-0.39, 0.29) is 92.5 Å². The number of piperazine rings is 3. The van der Waals surface area contributed by atoms with Gasteiger partial charge >= 0.3 is 0 Å². The summed E-state index contributed by atoms with van der Waals surface area (Å²) < 4.78 is 67.9. The lowest BCUT2D eigenvalue weighted by Crippen LogP contribution is -2.51. The lowest BCUT2D eigenvalue weighted by molar-refractivity contribution is -0.143. The highest BCUT2D eigenvalue weighted by Gasteiger charge is 2.38. The van der Waals surface area contributed by atoms with Crippen LogP contribution in [-0.2, 0) is 14.4 Å². The van der Waals surface area contributed by atoms with E-state index in [1.165, 1.54) is 46.8 Å². The molecule has 10 atom stereocenters. The van der Waals surface area contributed by atoms with Crippen LogP contribution in [0.25, 0.3) is 34.2 Å². The van der Waals surface area contributed by atoms with E-state index in [9.17, 15) is 58.7 Å². The van der Waals surface area contributed by atoms with Gasteiger partial charge in [-0.2, -0.15) is 15.8 Å². The molecule has 654 valence electrons. The summed E-state index contributed by atoms with van der Waals surface area (Å²) in [6.07, 6.45) is -4.66. The first-order valence-electron chi connectivity index (χ1n) is 41.9. The largest absolute Gasteiger partial charge is 0.495 e. The van der Waals surface area contributed by atoms with Crippen molar-refractivity contribution in [2.75, 3.05) is 163 Å². The normalized spacial score (nSPS) is 20.5. The van der Waals surface area contributed by atoms with Crippen molar-refractivity contribution < 1.29 is 61.8 Å². The fourth-order valence-corrected chi connectivity index (χ4v) is 15.6. The maximum atomic E-state index is 14.9. The number of alkyl halides is 3. The molecule has 15 rings (SSSR count). The van der Waals surface area contributed by atoms with Crippen molar-refractivity contribution in [1.82, 2.24) is 59.7 Å². The number of aliphatic hydroxyl groups is 3. The van der Waals surface area contributed by atoms with E-state index >= 15 is 0 Å². The standard InChI is InChI=1S/C32H38FN7O4.C30H34FN7O3.C29H32FN7O3/c1-20-18-38(3)13-14-40(20)26-7-6-24(16-29(26)43-4)36-30-9-11-35-31(37-30)22-5-8-27(23(15-22)17-34)44-28-10-12-39(19-25(28)33)32(42)21(2)41;1-20(39)30(40)38-12-10-27(25(31)19-38)41-26-8-3-21(17-22(26)18-32)29-33-11-9-28(35-29)34-23-4-6-24(7-5-23)37-15-13-36(2)14-16-37;1-19(38)29(39)37-13-9-26(24(30)18-37)40-25-7-2-20(16-21(25)17-31)28-33-10-8-27(35-28)34-22-3-5-23(6-4-22)36-14-11-32-12-15-36/h5-9,11,15-16,20-21,25,28,41H,10,12-14,18-19H2,1-4H3,(H,35,36,37);3-9,11,17,20,25,27,39H,10,12-16,19H2,1-2H3,(H,33,34,35);2-8,10,16,19,24,26,32,38H,9,11-15,18H2,1H3,(H,33,34,35)/t20-,21-,25+,28-;20-,25+,27-;19-,24+,26-/m000/s1. The smallest absolute Gasteiger partial charge is 0.251 e. The first kappa shape index (κ1) is 89.7. The topological polar surface area (TPSA) is 372 Å². The Balaban J connectivity index is 0.000000161. The second-order valence-electron chi connectivity index (χ2n) is 31.7. The molecule has 3 amide bonds. The summed E-state index contributed by atoms with van der Waals surface area (Å²) in [5.41, 5.74) is 8.55. The SMILES string of the molecule is COc1cc(Nc2ccnc(-c3ccc(O[C@H]4CCN(C(=O)[C@H](C)O)C[C@H]4F)c(C#N)c3)n2)ccc1N1CCN(C)C[C@@H]1C.C[C@H](O)C(=O)N1CC[C@H](Oc2ccc(-c3nccc(Nc4ccc(N5CCN(C)CC5)cc4)n3)cc2C#N)[C@H](F)C1.C[C@H](O)C(=O)N1CC[C@H](Oc2ccc(-c3nccc(Nc4ccc(N5CCNCC5)cc4)n3)cc2C#N)[C@H](F)C1. The quantitative estimate of drug-likeness (QED) is 0.0332. The highest BCUT2D eigenvalue weighted by molar-refractivity contribution is 5.82. The van der Waals surface area contributed by atoms with Gasteiger partial charge in [0, 0.05) is 187 Å². The molecule has 6 fully saturated rings. The average Bonchev–Trinajstić information content (AvgIpc) is 0.819. The number of halogens is 3. The molecule has 6 aliphatic heterocycles. The molecular formula is C91H104F3N21O10. The molecule has 0 aliphatic carbocycles. The number of hydrogen-bond acceptors (Lipinski definition) is 28. The van der Waals surface area contributed by atoms with Crippen LogP contribution < -0.4 is 54.9 Å². The molecule has 0 saturated carbocycles. The van der Waals surface area contributed by atoms with E-state index in [1.54, 1.807) is 98.5 Å². The van der Waals surface area contributed by atoms with Crippen LogP contribution in [-0.4, -0.2) is 281 Å². The number of benzene rings is 6.